The predicted molar refractivity (Wildman–Crippen MR) is 184 cm³/mol. The fourth-order valence-electron chi connectivity index (χ4n) is 4.33. The van der Waals surface area contributed by atoms with E-state index in [-0.39, 0.29) is 23.3 Å². The number of aromatic nitrogens is 2. The van der Waals surface area contributed by atoms with Crippen molar-refractivity contribution in [2.45, 2.75) is 6.42 Å². The molecule has 1 aliphatic heterocycles. The number of carboxylic acid groups (broad SMARTS) is 1. The number of thiazole rings is 2. The molecule has 0 saturated carbocycles. The predicted octanol–water partition coefficient (Wildman–Crippen LogP) is 7.91. The lowest BCUT2D eigenvalue weighted by Crippen LogP contribution is -2.10. The van der Waals surface area contributed by atoms with Crippen LogP contribution in [0.3, 0.4) is 0 Å². The molecular weight excluding hydrogens is 654 g/mol. The van der Waals surface area contributed by atoms with Gasteiger partial charge in [0.25, 0.3) is 0 Å². The zero-order chi connectivity index (χ0) is 35.2. The standard InChI is InChI=1S/C18H13NO3S.C9H8N2S.C8H4O3.CH3F/c20-16(14-8-4-5-9-15(14)18(21)22)10-13-11-19-17(23-13)12-6-2-1-3-7-12;10-9-11-6-8(12-9)7-4-2-1-3-5-7;9-7-5-3-1-2-4-6(5)8(10)11-7;1-2/h1-9,11H,10H2,(H,21,22);1-6H,(H2,10,11);1-4H;1H3/i;;;1D. The van der Waals surface area contributed by atoms with Gasteiger partial charge >= 0.3 is 17.9 Å². The topological polar surface area (TPSA) is 150 Å². The van der Waals surface area contributed by atoms with Gasteiger partial charge in [-0.2, -0.15) is 0 Å². The molecule has 12 heteroatoms. The number of fused-ring (bicyclic) bond motifs is 1. The number of carbonyl (C=O) groups is 4. The maximum atomic E-state index is 12.4. The Hall–Kier alpha value is -5.85. The smallest absolute Gasteiger partial charge is 0.346 e. The Labute approximate surface area is 284 Å². The Bertz CT molecular complexity index is 2000. The van der Waals surface area contributed by atoms with Crippen LogP contribution in [0.15, 0.2) is 122 Å². The van der Waals surface area contributed by atoms with Crippen LogP contribution in [-0.2, 0) is 11.2 Å². The molecule has 0 atom stereocenters. The van der Waals surface area contributed by atoms with Gasteiger partial charge in [0, 0.05) is 34.8 Å². The van der Waals surface area contributed by atoms with Gasteiger partial charge in [-0.25, -0.2) is 24.4 Å². The summed E-state index contributed by atoms with van der Waals surface area (Å²) in [5, 5.41) is 10.6. The zero-order valence-electron chi connectivity index (χ0n) is 26.1. The number of nitrogen functional groups attached to an aromatic ring is 1. The highest BCUT2D eigenvalue weighted by Gasteiger charge is 2.28. The summed E-state index contributed by atoms with van der Waals surface area (Å²) in [6.45, 7) is 0. The van der Waals surface area contributed by atoms with Crippen molar-refractivity contribution in [2.24, 2.45) is 0 Å². The molecule has 0 spiro atoms. The van der Waals surface area contributed by atoms with E-state index >= 15 is 0 Å². The van der Waals surface area contributed by atoms with Crippen molar-refractivity contribution in [2.75, 3.05) is 12.9 Å². The summed E-state index contributed by atoms with van der Waals surface area (Å²) in [6.07, 6.45) is 3.62. The number of hydrogen-bond donors (Lipinski definition) is 2. The minimum Gasteiger partial charge on any atom is -0.478 e. The second kappa shape index (κ2) is 17.2. The van der Waals surface area contributed by atoms with E-state index in [2.05, 4.69) is 14.7 Å². The molecule has 7 rings (SSSR count). The van der Waals surface area contributed by atoms with E-state index in [9.17, 15) is 28.7 Å². The molecule has 242 valence electrons. The summed E-state index contributed by atoms with van der Waals surface area (Å²) in [5.41, 5.74) is 8.68. The fraction of sp³-hybridized carbons (Fsp3) is 0.0556. The SMILES string of the molecule is Nc1ncc(-c2ccccc2)s1.O=C(O)c1ccccc1C(=O)Cc1cnc(-c2ccccc2)s1.O=C1OC(=O)c2ccccc21.[2H]CF. The van der Waals surface area contributed by atoms with E-state index in [0.29, 0.717) is 16.3 Å². The van der Waals surface area contributed by atoms with Crippen LogP contribution in [0.25, 0.3) is 21.0 Å². The normalized spacial score (nSPS) is 11.2. The van der Waals surface area contributed by atoms with Gasteiger partial charge in [0.15, 0.2) is 10.9 Å². The third-order valence-corrected chi connectivity index (χ3v) is 8.42. The first-order valence-corrected chi connectivity index (χ1v) is 15.7. The van der Waals surface area contributed by atoms with Crippen molar-refractivity contribution in [3.05, 3.63) is 149 Å². The highest BCUT2D eigenvalue weighted by molar-refractivity contribution is 7.18. The lowest BCUT2D eigenvalue weighted by atomic mass is 10.0. The van der Waals surface area contributed by atoms with E-state index < -0.39 is 25.1 Å². The Morgan fingerprint density at radius 2 is 1.29 bits per heavy atom. The number of aromatic carboxylic acids is 1. The highest BCUT2D eigenvalue weighted by atomic mass is 32.1. The molecule has 0 amide bonds. The van der Waals surface area contributed by atoms with Gasteiger partial charge in [-0.15, -0.1) is 11.3 Å². The summed E-state index contributed by atoms with van der Waals surface area (Å²) in [5.74, 6) is -2.41. The molecule has 0 fully saturated rings. The molecule has 0 saturated heterocycles. The molecule has 0 radical (unpaired) electrons. The van der Waals surface area contributed by atoms with Gasteiger partial charge in [-0.3, -0.25) is 9.18 Å². The number of ketones is 1. The van der Waals surface area contributed by atoms with Gasteiger partial charge in [0.1, 0.15) is 5.01 Å². The lowest BCUT2D eigenvalue weighted by molar-refractivity contribution is 0.0442. The summed E-state index contributed by atoms with van der Waals surface area (Å²) < 4.78 is 19.9. The van der Waals surface area contributed by atoms with Crippen LogP contribution in [0, 0.1) is 0 Å². The molecule has 6 aromatic rings. The molecule has 0 aliphatic carbocycles. The van der Waals surface area contributed by atoms with Crippen molar-refractivity contribution in [3.8, 4) is 21.0 Å². The fourth-order valence-corrected chi connectivity index (χ4v) is 5.93. The van der Waals surface area contributed by atoms with E-state index in [1.54, 1.807) is 54.9 Å². The molecule has 4 aromatic carbocycles. The second-order valence-electron chi connectivity index (χ2n) is 9.60. The van der Waals surface area contributed by atoms with Crippen LogP contribution in [-0.4, -0.2) is 45.9 Å². The van der Waals surface area contributed by atoms with Crippen LogP contribution in [0.1, 0.15) is 47.7 Å². The van der Waals surface area contributed by atoms with Crippen LogP contribution in [0.5, 0.6) is 0 Å². The van der Waals surface area contributed by atoms with E-state index in [1.165, 1.54) is 34.3 Å². The van der Waals surface area contributed by atoms with Crippen LogP contribution in [0.4, 0.5) is 9.52 Å². The van der Waals surface area contributed by atoms with Crippen LogP contribution < -0.4 is 5.73 Å². The Kier molecular flexibility index (Phi) is 12.0. The van der Waals surface area contributed by atoms with Crippen molar-refractivity contribution in [3.63, 3.8) is 0 Å². The number of carboxylic acids is 1. The van der Waals surface area contributed by atoms with E-state index in [4.69, 9.17) is 7.10 Å². The summed E-state index contributed by atoms with van der Waals surface area (Å²) in [7, 11) is -1.00. The number of ether oxygens (including phenoxy) is 1. The number of esters is 2. The van der Waals surface area contributed by atoms with Crippen LogP contribution >= 0.6 is 22.7 Å². The van der Waals surface area contributed by atoms with Crippen molar-refractivity contribution in [1.29, 1.82) is 0 Å². The molecule has 3 N–H and O–H groups in total. The minimum absolute atomic E-state index is 0.0327. The van der Waals surface area contributed by atoms with Gasteiger partial charge < -0.3 is 15.6 Å². The van der Waals surface area contributed by atoms with Crippen molar-refractivity contribution >= 4 is 51.5 Å². The number of benzene rings is 4. The molecule has 9 nitrogen and oxygen atoms in total. The number of rotatable bonds is 6. The number of carbonyl (C=O) groups excluding carboxylic acids is 3. The van der Waals surface area contributed by atoms with Crippen LogP contribution in [0.2, 0.25) is 0 Å². The van der Waals surface area contributed by atoms with Crippen molar-refractivity contribution in [1.82, 2.24) is 9.97 Å². The number of nitrogens with zero attached hydrogens (tertiary/aromatic N) is 2. The largest absolute Gasteiger partial charge is 0.478 e. The monoisotopic (exact) mass is 682 g/mol. The van der Waals surface area contributed by atoms with Gasteiger partial charge in [-0.05, 0) is 23.8 Å². The summed E-state index contributed by atoms with van der Waals surface area (Å²) in [4.78, 5) is 55.5. The number of alkyl halides is 1. The zero-order valence-corrected chi connectivity index (χ0v) is 26.7. The Morgan fingerprint density at radius 1 is 0.771 bits per heavy atom. The number of nitrogens with two attached hydrogens (primary N) is 1. The first-order chi connectivity index (χ1) is 23.7. The van der Waals surface area contributed by atoms with Gasteiger partial charge in [0.05, 0.1) is 30.1 Å². The van der Waals surface area contributed by atoms with Gasteiger partial charge in [-0.1, -0.05) is 102 Å². The van der Waals surface area contributed by atoms with E-state index in [0.717, 1.165) is 20.3 Å². The molecule has 0 unspecified atom stereocenters. The number of halogens is 1. The summed E-state index contributed by atoms with van der Waals surface area (Å²) in [6, 6.07) is 32.6. The first-order valence-electron chi connectivity index (χ1n) is 14.8. The number of Topliss-reactive ketones (excluding diaryl/α,β-unsaturated/α-hetero) is 1. The van der Waals surface area contributed by atoms with E-state index in [1.807, 2.05) is 60.7 Å². The minimum atomic E-state index is -1.09. The summed E-state index contributed by atoms with van der Waals surface area (Å²) >= 11 is 2.95. The molecule has 3 heterocycles. The Morgan fingerprint density at radius 3 is 1.83 bits per heavy atom. The molecule has 1 aliphatic rings. The van der Waals surface area contributed by atoms with Gasteiger partial charge in [0.2, 0.25) is 0 Å². The highest BCUT2D eigenvalue weighted by Crippen LogP contribution is 2.27. The number of anilines is 1. The molecular formula is C36H28FN3O6S2. The third kappa shape index (κ3) is 9.12. The Balaban J connectivity index is 0.000000174. The van der Waals surface area contributed by atoms with Crippen molar-refractivity contribution < 1.29 is 34.8 Å². The average Bonchev–Trinajstić information content (AvgIpc) is 3.85. The number of cyclic esters (lactones) is 2. The molecule has 48 heavy (non-hydrogen) atoms. The molecule has 2 aromatic heterocycles. The lowest BCUT2D eigenvalue weighted by Gasteiger charge is -2.03. The quantitative estimate of drug-likeness (QED) is 0.102. The average molecular weight is 683 g/mol. The molecule has 0 bridgehead atoms. The second-order valence-corrected chi connectivity index (χ2v) is 11.8. The maximum absolute atomic E-state index is 12.4. The first kappa shape index (κ1) is 33.5. The third-order valence-electron chi connectivity index (χ3n) is 6.50. The maximum Gasteiger partial charge on any atom is 0.346 e. The number of hydrogen-bond acceptors (Lipinski definition) is 10.